The molecule has 1 aliphatic heterocycles. The Labute approximate surface area is 154 Å². The van der Waals surface area contributed by atoms with E-state index >= 15 is 0 Å². The summed E-state index contributed by atoms with van der Waals surface area (Å²) in [6.45, 7) is 1.40. The number of hydrogen-bond acceptors (Lipinski definition) is 5. The molecule has 0 N–H and O–H groups in total. The first-order chi connectivity index (χ1) is 12.5. The fourth-order valence-electron chi connectivity index (χ4n) is 3.76. The molecular weight excluding hydrogens is 356 g/mol. The van der Waals surface area contributed by atoms with Crippen LogP contribution in [0.1, 0.15) is 36.0 Å². The van der Waals surface area contributed by atoms with Crippen molar-refractivity contribution in [3.05, 3.63) is 23.8 Å². The summed E-state index contributed by atoms with van der Waals surface area (Å²) in [5, 5.41) is -0.251. The number of amides is 1. The van der Waals surface area contributed by atoms with Gasteiger partial charge >= 0.3 is 0 Å². The van der Waals surface area contributed by atoms with Gasteiger partial charge in [0.1, 0.15) is 17.1 Å². The van der Waals surface area contributed by atoms with E-state index in [1.54, 1.807) is 27.4 Å². The first-order valence-electron chi connectivity index (χ1n) is 8.98. The summed E-state index contributed by atoms with van der Waals surface area (Å²) in [5.74, 6) is 0.711. The topological polar surface area (TPSA) is 76.2 Å². The van der Waals surface area contributed by atoms with E-state index in [1.807, 2.05) is 0 Å². The van der Waals surface area contributed by atoms with E-state index in [0.29, 0.717) is 43.2 Å². The number of rotatable bonds is 5. The summed E-state index contributed by atoms with van der Waals surface area (Å²) in [6, 6.07) is 5.20. The molecule has 26 heavy (non-hydrogen) atoms. The van der Waals surface area contributed by atoms with E-state index in [-0.39, 0.29) is 11.2 Å². The van der Waals surface area contributed by atoms with E-state index in [9.17, 15) is 13.2 Å². The van der Waals surface area contributed by atoms with Crippen molar-refractivity contribution in [3.63, 3.8) is 0 Å². The Morgan fingerprint density at radius 1 is 1.00 bits per heavy atom. The highest BCUT2D eigenvalue weighted by Gasteiger charge is 2.37. The highest BCUT2D eigenvalue weighted by atomic mass is 32.2. The van der Waals surface area contributed by atoms with Gasteiger partial charge in [-0.15, -0.1) is 0 Å². The summed E-state index contributed by atoms with van der Waals surface area (Å²) < 4.78 is 37.6. The minimum absolute atomic E-state index is 0.197. The maximum Gasteiger partial charge on any atom is 0.261 e. The molecule has 1 saturated heterocycles. The molecule has 0 atom stereocenters. The van der Waals surface area contributed by atoms with Gasteiger partial charge in [0, 0.05) is 26.2 Å². The van der Waals surface area contributed by atoms with Gasteiger partial charge in [0.2, 0.25) is 10.0 Å². The number of hydrogen-bond donors (Lipinski definition) is 0. The Hall–Kier alpha value is -1.80. The molecule has 1 amide bonds. The number of piperazine rings is 1. The van der Waals surface area contributed by atoms with Crippen molar-refractivity contribution in [1.82, 2.24) is 9.21 Å². The molecule has 3 rings (SSSR count). The highest BCUT2D eigenvalue weighted by molar-refractivity contribution is 7.89. The largest absolute Gasteiger partial charge is 0.496 e. The lowest BCUT2D eigenvalue weighted by molar-refractivity contribution is 0.0690. The highest BCUT2D eigenvalue weighted by Crippen LogP contribution is 2.31. The molecule has 2 fully saturated rings. The van der Waals surface area contributed by atoms with Gasteiger partial charge in [-0.25, -0.2) is 8.42 Å². The van der Waals surface area contributed by atoms with Gasteiger partial charge in [0.05, 0.1) is 19.5 Å². The molecule has 0 unspecified atom stereocenters. The number of benzene rings is 1. The van der Waals surface area contributed by atoms with Crippen LogP contribution in [0, 0.1) is 0 Å². The van der Waals surface area contributed by atoms with Gasteiger partial charge < -0.3 is 14.4 Å². The van der Waals surface area contributed by atoms with Crippen LogP contribution in [0.3, 0.4) is 0 Å². The van der Waals surface area contributed by atoms with Gasteiger partial charge in [-0.05, 0) is 25.0 Å². The summed E-state index contributed by atoms with van der Waals surface area (Å²) >= 11 is 0. The molecule has 1 heterocycles. The Balaban J connectivity index is 1.71. The zero-order chi connectivity index (χ0) is 18.7. The molecule has 2 aliphatic rings. The molecule has 1 saturated carbocycles. The SMILES string of the molecule is COc1cccc(OC)c1C(=O)N1CCN(S(=O)(=O)C2CCCC2)CC1. The van der Waals surface area contributed by atoms with Crippen LogP contribution in [0.4, 0.5) is 0 Å². The quantitative estimate of drug-likeness (QED) is 0.775. The van der Waals surface area contributed by atoms with Crippen LogP contribution >= 0.6 is 0 Å². The van der Waals surface area contributed by atoms with Crippen molar-refractivity contribution >= 4 is 15.9 Å². The van der Waals surface area contributed by atoms with E-state index in [2.05, 4.69) is 0 Å². The van der Waals surface area contributed by atoms with Gasteiger partial charge in [0.15, 0.2) is 0 Å². The molecule has 8 heteroatoms. The summed E-state index contributed by atoms with van der Waals surface area (Å²) in [4.78, 5) is 14.6. The van der Waals surface area contributed by atoms with Crippen LogP contribution in [-0.2, 0) is 10.0 Å². The maximum absolute atomic E-state index is 13.0. The smallest absolute Gasteiger partial charge is 0.261 e. The fourth-order valence-corrected chi connectivity index (χ4v) is 5.79. The van der Waals surface area contributed by atoms with Crippen LogP contribution in [0.15, 0.2) is 18.2 Å². The molecule has 0 spiro atoms. The molecular formula is C18H26N2O5S. The predicted octanol–water partition coefficient (Wildman–Crippen LogP) is 1.73. The minimum Gasteiger partial charge on any atom is -0.496 e. The molecule has 0 radical (unpaired) electrons. The van der Waals surface area contributed by atoms with Gasteiger partial charge in [-0.3, -0.25) is 4.79 Å². The zero-order valence-electron chi connectivity index (χ0n) is 15.3. The average Bonchev–Trinajstić information content (AvgIpc) is 3.22. The van der Waals surface area contributed by atoms with Gasteiger partial charge in [0.25, 0.3) is 5.91 Å². The first kappa shape index (κ1) is 19.0. The lowest BCUT2D eigenvalue weighted by Gasteiger charge is -2.35. The number of nitrogens with zero attached hydrogens (tertiary/aromatic N) is 2. The summed E-state index contributed by atoms with van der Waals surface area (Å²) in [6.07, 6.45) is 3.46. The van der Waals surface area contributed by atoms with Crippen LogP contribution in [0.2, 0.25) is 0 Å². The summed E-state index contributed by atoms with van der Waals surface area (Å²) in [5.41, 5.74) is 0.379. The second-order valence-corrected chi connectivity index (χ2v) is 8.89. The second kappa shape index (κ2) is 7.84. The van der Waals surface area contributed by atoms with Crippen LogP contribution in [0.25, 0.3) is 0 Å². The van der Waals surface area contributed by atoms with Crippen molar-refractivity contribution in [3.8, 4) is 11.5 Å². The fraction of sp³-hybridized carbons (Fsp3) is 0.611. The van der Waals surface area contributed by atoms with Crippen molar-refractivity contribution in [2.75, 3.05) is 40.4 Å². The lowest BCUT2D eigenvalue weighted by atomic mass is 10.1. The molecule has 1 aromatic rings. The maximum atomic E-state index is 13.0. The first-order valence-corrected chi connectivity index (χ1v) is 10.5. The van der Waals surface area contributed by atoms with E-state index in [1.165, 1.54) is 14.2 Å². The number of ether oxygens (including phenoxy) is 2. The van der Waals surface area contributed by atoms with Crippen LogP contribution in [-0.4, -0.2) is 69.2 Å². The molecule has 0 bridgehead atoms. The Kier molecular flexibility index (Phi) is 5.72. The Morgan fingerprint density at radius 3 is 2.04 bits per heavy atom. The van der Waals surface area contributed by atoms with Crippen molar-refractivity contribution in [2.24, 2.45) is 0 Å². The van der Waals surface area contributed by atoms with Crippen LogP contribution in [0.5, 0.6) is 11.5 Å². The minimum atomic E-state index is -3.26. The van der Waals surface area contributed by atoms with Crippen LogP contribution < -0.4 is 9.47 Å². The molecule has 0 aromatic heterocycles. The predicted molar refractivity (Wildman–Crippen MR) is 98.2 cm³/mol. The molecule has 144 valence electrons. The number of carbonyl (C=O) groups is 1. The van der Waals surface area contributed by atoms with E-state index in [4.69, 9.17) is 9.47 Å². The normalized spacial score (nSPS) is 19.5. The van der Waals surface area contributed by atoms with E-state index in [0.717, 1.165) is 25.7 Å². The molecule has 1 aromatic carbocycles. The van der Waals surface area contributed by atoms with Gasteiger partial charge in [-0.2, -0.15) is 4.31 Å². The third-order valence-corrected chi connectivity index (χ3v) is 7.65. The molecule has 7 nitrogen and oxygen atoms in total. The van der Waals surface area contributed by atoms with Crippen molar-refractivity contribution in [1.29, 1.82) is 0 Å². The van der Waals surface area contributed by atoms with Gasteiger partial charge in [-0.1, -0.05) is 18.9 Å². The standard InChI is InChI=1S/C18H26N2O5S/c1-24-15-8-5-9-16(25-2)17(15)18(21)19-10-12-20(13-11-19)26(22,23)14-6-3-4-7-14/h5,8-9,14H,3-4,6-7,10-13H2,1-2H3. The monoisotopic (exact) mass is 382 g/mol. The van der Waals surface area contributed by atoms with Crippen molar-refractivity contribution in [2.45, 2.75) is 30.9 Å². The summed E-state index contributed by atoms with van der Waals surface area (Å²) in [7, 11) is -0.232. The Morgan fingerprint density at radius 2 is 1.54 bits per heavy atom. The Bertz CT molecular complexity index is 729. The molecule has 1 aliphatic carbocycles. The third kappa shape index (κ3) is 3.53. The third-order valence-electron chi connectivity index (χ3n) is 5.25. The van der Waals surface area contributed by atoms with Crippen molar-refractivity contribution < 1.29 is 22.7 Å². The zero-order valence-corrected chi connectivity index (χ0v) is 16.1. The van der Waals surface area contributed by atoms with E-state index < -0.39 is 10.0 Å². The number of methoxy groups -OCH3 is 2. The number of sulfonamides is 1. The second-order valence-electron chi connectivity index (χ2n) is 6.68. The average molecular weight is 382 g/mol. The lowest BCUT2D eigenvalue weighted by Crippen LogP contribution is -2.52. The number of carbonyl (C=O) groups excluding carboxylic acids is 1.